The Morgan fingerprint density at radius 3 is 2.54 bits per heavy atom. The Morgan fingerprint density at radius 1 is 1.17 bits per heavy atom. The number of nitrogens with one attached hydrogen (secondary N) is 1. The lowest BCUT2D eigenvalue weighted by Crippen LogP contribution is -2.23. The van der Waals surface area contributed by atoms with E-state index < -0.39 is 6.61 Å². The number of benzene rings is 2. The van der Waals surface area contributed by atoms with Crippen LogP contribution in [0.5, 0.6) is 5.75 Å². The van der Waals surface area contributed by atoms with E-state index in [2.05, 4.69) is 26.0 Å². The van der Waals surface area contributed by atoms with Gasteiger partial charge in [0.1, 0.15) is 11.6 Å². The lowest BCUT2D eigenvalue weighted by atomic mass is 10.1. The Hall–Kier alpha value is -2.02. The predicted molar refractivity (Wildman–Crippen MR) is 87.3 cm³/mol. The zero-order valence-corrected chi connectivity index (χ0v) is 14.2. The summed E-state index contributed by atoms with van der Waals surface area (Å²) in [5, 5.41) is 2.66. The number of rotatable bonds is 7. The SMILES string of the molecule is O=C(CCc1ccc(F)cc1)NCc1cc(Br)ccc1OC(F)F. The van der Waals surface area contributed by atoms with Gasteiger partial charge in [-0.1, -0.05) is 28.1 Å². The maximum Gasteiger partial charge on any atom is 0.387 e. The molecule has 2 aromatic carbocycles. The second-order valence-corrected chi connectivity index (χ2v) is 5.95. The quantitative estimate of drug-likeness (QED) is 0.744. The smallest absolute Gasteiger partial charge is 0.387 e. The summed E-state index contributed by atoms with van der Waals surface area (Å²) in [5.41, 5.74) is 1.29. The van der Waals surface area contributed by atoms with E-state index in [0.29, 0.717) is 16.5 Å². The van der Waals surface area contributed by atoms with E-state index in [1.165, 1.54) is 18.2 Å². The fourth-order valence-electron chi connectivity index (χ4n) is 2.09. The van der Waals surface area contributed by atoms with Gasteiger partial charge in [-0.15, -0.1) is 0 Å². The van der Waals surface area contributed by atoms with Crippen molar-refractivity contribution in [2.75, 3.05) is 0 Å². The van der Waals surface area contributed by atoms with Gasteiger partial charge in [-0.2, -0.15) is 8.78 Å². The van der Waals surface area contributed by atoms with Crippen LogP contribution < -0.4 is 10.1 Å². The third-order valence-electron chi connectivity index (χ3n) is 3.27. The lowest BCUT2D eigenvalue weighted by molar-refractivity contribution is -0.121. The van der Waals surface area contributed by atoms with E-state index in [1.54, 1.807) is 24.3 Å². The largest absolute Gasteiger partial charge is 0.434 e. The first-order valence-electron chi connectivity index (χ1n) is 7.18. The van der Waals surface area contributed by atoms with Crippen LogP contribution in [0, 0.1) is 5.82 Å². The summed E-state index contributed by atoms with van der Waals surface area (Å²) in [5.74, 6) is -0.543. The van der Waals surface area contributed by atoms with Gasteiger partial charge in [-0.3, -0.25) is 4.79 Å². The molecule has 3 nitrogen and oxygen atoms in total. The van der Waals surface area contributed by atoms with Crippen LogP contribution >= 0.6 is 15.9 Å². The van der Waals surface area contributed by atoms with Crippen molar-refractivity contribution in [3.63, 3.8) is 0 Å². The number of aryl methyl sites for hydroxylation is 1. The van der Waals surface area contributed by atoms with Crippen molar-refractivity contribution in [2.24, 2.45) is 0 Å². The van der Waals surface area contributed by atoms with Crippen LogP contribution in [0.1, 0.15) is 17.5 Å². The molecule has 0 saturated carbocycles. The molecule has 128 valence electrons. The number of amides is 1. The van der Waals surface area contributed by atoms with Crippen LogP contribution in [0.15, 0.2) is 46.9 Å². The molecule has 0 spiro atoms. The Bertz CT molecular complexity index is 693. The normalized spacial score (nSPS) is 10.7. The van der Waals surface area contributed by atoms with E-state index in [1.807, 2.05) is 0 Å². The molecule has 0 heterocycles. The first kappa shape index (κ1) is 18.3. The van der Waals surface area contributed by atoms with E-state index in [-0.39, 0.29) is 30.4 Å². The Labute approximate surface area is 146 Å². The molecule has 0 radical (unpaired) electrons. The number of ether oxygens (including phenoxy) is 1. The fraction of sp³-hybridized carbons (Fsp3) is 0.235. The Balaban J connectivity index is 1.89. The van der Waals surface area contributed by atoms with Crippen LogP contribution in [-0.4, -0.2) is 12.5 Å². The van der Waals surface area contributed by atoms with E-state index in [0.717, 1.165) is 5.56 Å². The van der Waals surface area contributed by atoms with E-state index in [4.69, 9.17) is 0 Å². The van der Waals surface area contributed by atoms with Gasteiger partial charge in [0, 0.05) is 23.0 Å². The van der Waals surface area contributed by atoms with Crippen LogP contribution in [0.25, 0.3) is 0 Å². The highest BCUT2D eigenvalue weighted by Crippen LogP contribution is 2.24. The molecule has 1 N–H and O–H groups in total. The zero-order valence-electron chi connectivity index (χ0n) is 12.6. The molecule has 0 saturated heterocycles. The third-order valence-corrected chi connectivity index (χ3v) is 3.76. The maximum absolute atomic E-state index is 12.8. The number of carbonyl (C=O) groups excluding carboxylic acids is 1. The molecule has 7 heteroatoms. The summed E-state index contributed by atoms with van der Waals surface area (Å²) in [7, 11) is 0. The average molecular weight is 402 g/mol. The van der Waals surface area contributed by atoms with Crippen molar-refractivity contribution in [1.82, 2.24) is 5.32 Å². The minimum absolute atomic E-state index is 0.0204. The van der Waals surface area contributed by atoms with Gasteiger partial charge in [0.15, 0.2) is 0 Å². The van der Waals surface area contributed by atoms with Gasteiger partial charge in [-0.25, -0.2) is 4.39 Å². The predicted octanol–water partition coefficient (Wildman–Crippen LogP) is 4.44. The molecule has 0 atom stereocenters. The summed E-state index contributed by atoms with van der Waals surface area (Å²) in [4.78, 5) is 11.9. The van der Waals surface area contributed by atoms with Gasteiger partial charge >= 0.3 is 6.61 Å². The molecule has 2 aromatic rings. The van der Waals surface area contributed by atoms with Crippen LogP contribution in [-0.2, 0) is 17.8 Å². The Kier molecular flexibility index (Phi) is 6.66. The van der Waals surface area contributed by atoms with Crippen molar-refractivity contribution in [3.8, 4) is 5.75 Å². The summed E-state index contributed by atoms with van der Waals surface area (Å²) in [6, 6.07) is 10.5. The first-order chi connectivity index (χ1) is 11.4. The zero-order chi connectivity index (χ0) is 17.5. The second kappa shape index (κ2) is 8.73. The van der Waals surface area contributed by atoms with Crippen molar-refractivity contribution in [3.05, 3.63) is 63.9 Å². The van der Waals surface area contributed by atoms with Gasteiger partial charge in [-0.05, 0) is 42.3 Å². The van der Waals surface area contributed by atoms with E-state index >= 15 is 0 Å². The summed E-state index contributed by atoms with van der Waals surface area (Å²) in [6.07, 6.45) is 0.676. The van der Waals surface area contributed by atoms with Crippen molar-refractivity contribution in [1.29, 1.82) is 0 Å². The van der Waals surface area contributed by atoms with Crippen LogP contribution in [0.4, 0.5) is 13.2 Å². The molecule has 0 bridgehead atoms. The maximum atomic E-state index is 12.8. The fourth-order valence-corrected chi connectivity index (χ4v) is 2.50. The average Bonchev–Trinajstić information content (AvgIpc) is 2.54. The van der Waals surface area contributed by atoms with E-state index in [9.17, 15) is 18.0 Å². The molecule has 0 aliphatic heterocycles. The number of hydrogen-bond donors (Lipinski definition) is 1. The van der Waals surface area contributed by atoms with Crippen molar-refractivity contribution < 1.29 is 22.7 Å². The molecular weight excluding hydrogens is 387 g/mol. The van der Waals surface area contributed by atoms with Crippen LogP contribution in [0.3, 0.4) is 0 Å². The third kappa shape index (κ3) is 5.88. The second-order valence-electron chi connectivity index (χ2n) is 5.03. The highest BCUT2D eigenvalue weighted by Gasteiger charge is 2.11. The number of alkyl halides is 2. The molecule has 0 unspecified atom stereocenters. The minimum atomic E-state index is -2.93. The highest BCUT2D eigenvalue weighted by atomic mass is 79.9. The monoisotopic (exact) mass is 401 g/mol. The summed E-state index contributed by atoms with van der Waals surface area (Å²) in [6.45, 7) is -2.86. The molecule has 24 heavy (non-hydrogen) atoms. The van der Waals surface area contributed by atoms with Gasteiger partial charge in [0.05, 0.1) is 0 Å². The molecule has 0 aliphatic rings. The number of carbonyl (C=O) groups is 1. The highest BCUT2D eigenvalue weighted by molar-refractivity contribution is 9.10. The van der Waals surface area contributed by atoms with Crippen LogP contribution in [0.2, 0.25) is 0 Å². The molecule has 0 aromatic heterocycles. The molecule has 1 amide bonds. The van der Waals surface area contributed by atoms with Gasteiger partial charge in [0.25, 0.3) is 0 Å². The molecular formula is C17H15BrF3NO2. The first-order valence-corrected chi connectivity index (χ1v) is 7.97. The molecule has 2 rings (SSSR count). The summed E-state index contributed by atoms with van der Waals surface area (Å²) >= 11 is 3.25. The van der Waals surface area contributed by atoms with Gasteiger partial charge in [0.2, 0.25) is 5.91 Å². The molecule has 0 fully saturated rings. The van der Waals surface area contributed by atoms with Crippen molar-refractivity contribution in [2.45, 2.75) is 26.0 Å². The number of halogens is 4. The lowest BCUT2D eigenvalue weighted by Gasteiger charge is -2.12. The minimum Gasteiger partial charge on any atom is -0.434 e. The number of hydrogen-bond acceptors (Lipinski definition) is 2. The molecule has 0 aliphatic carbocycles. The van der Waals surface area contributed by atoms with Crippen molar-refractivity contribution >= 4 is 21.8 Å². The Morgan fingerprint density at radius 2 is 1.88 bits per heavy atom. The standard InChI is InChI=1S/C17H15BrF3NO2/c18-13-4-7-15(24-17(20)21)12(9-13)10-22-16(23)8-3-11-1-5-14(19)6-2-11/h1-2,4-7,9,17H,3,8,10H2,(H,22,23). The topological polar surface area (TPSA) is 38.3 Å². The summed E-state index contributed by atoms with van der Waals surface area (Å²) < 4.78 is 42.7. The van der Waals surface area contributed by atoms with Gasteiger partial charge < -0.3 is 10.1 Å².